The number of hydrogen-bond donors (Lipinski definition) is 3. The average Bonchev–Trinajstić information content (AvgIpc) is 2.31. The highest BCUT2D eigenvalue weighted by Gasteiger charge is 2.13. The standard InChI is InChI=1S/C11H27N2O5P/c1-4-17-9-11(18-5-2)8-13(3)7-6-12-10-19(14,15)16/h11-12H,4-10H2,1-3H3,(H2,14,15,16). The van der Waals surface area contributed by atoms with Gasteiger partial charge >= 0.3 is 7.60 Å². The molecule has 116 valence electrons. The number of nitrogens with one attached hydrogen (secondary N) is 1. The lowest BCUT2D eigenvalue weighted by Crippen LogP contribution is -2.38. The smallest absolute Gasteiger partial charge is 0.339 e. The maximum absolute atomic E-state index is 10.6. The fourth-order valence-electron chi connectivity index (χ4n) is 1.57. The molecule has 0 amide bonds. The van der Waals surface area contributed by atoms with Crippen LogP contribution in [0.3, 0.4) is 0 Å². The number of nitrogens with zero attached hydrogens (tertiary/aromatic N) is 1. The summed E-state index contributed by atoms with van der Waals surface area (Å²) in [4.78, 5) is 19.4. The van der Waals surface area contributed by atoms with Crippen molar-refractivity contribution in [3.05, 3.63) is 0 Å². The molecule has 0 aliphatic rings. The van der Waals surface area contributed by atoms with Crippen LogP contribution >= 0.6 is 7.60 Å². The summed E-state index contributed by atoms with van der Waals surface area (Å²) >= 11 is 0. The minimum Gasteiger partial charge on any atom is -0.379 e. The Morgan fingerprint density at radius 1 is 1.32 bits per heavy atom. The van der Waals surface area contributed by atoms with Gasteiger partial charge in [0, 0.05) is 32.8 Å². The van der Waals surface area contributed by atoms with E-state index in [1.54, 1.807) is 0 Å². The number of hydrogen-bond acceptors (Lipinski definition) is 5. The van der Waals surface area contributed by atoms with Crippen LogP contribution in [0.4, 0.5) is 0 Å². The monoisotopic (exact) mass is 298 g/mol. The SMILES string of the molecule is CCOCC(CN(C)CCNCP(=O)(O)O)OCC. The van der Waals surface area contributed by atoms with Crippen molar-refractivity contribution in [1.29, 1.82) is 0 Å². The van der Waals surface area contributed by atoms with E-state index in [1.165, 1.54) is 0 Å². The number of likely N-dealkylation sites (N-methyl/N-ethyl adjacent to an activating group) is 1. The molecule has 0 aromatic rings. The van der Waals surface area contributed by atoms with Gasteiger partial charge in [-0.25, -0.2) is 0 Å². The van der Waals surface area contributed by atoms with Crippen LogP contribution in [0.25, 0.3) is 0 Å². The van der Waals surface area contributed by atoms with Gasteiger partial charge in [-0.1, -0.05) is 0 Å². The zero-order chi connectivity index (χ0) is 14.7. The van der Waals surface area contributed by atoms with Crippen molar-refractivity contribution >= 4 is 7.60 Å². The summed E-state index contributed by atoms with van der Waals surface area (Å²) in [5.74, 6) is 0. The lowest BCUT2D eigenvalue weighted by atomic mass is 10.3. The molecule has 3 N–H and O–H groups in total. The van der Waals surface area contributed by atoms with Crippen LogP contribution in [0.1, 0.15) is 13.8 Å². The summed E-state index contributed by atoms with van der Waals surface area (Å²) < 4.78 is 21.6. The maximum atomic E-state index is 10.6. The van der Waals surface area contributed by atoms with Crippen LogP contribution in [0.2, 0.25) is 0 Å². The maximum Gasteiger partial charge on any atom is 0.339 e. The van der Waals surface area contributed by atoms with Gasteiger partial charge < -0.3 is 29.5 Å². The molecule has 8 heteroatoms. The Labute approximate surface area is 115 Å². The van der Waals surface area contributed by atoms with Crippen LogP contribution < -0.4 is 5.32 Å². The molecule has 0 saturated heterocycles. The van der Waals surface area contributed by atoms with E-state index in [9.17, 15) is 4.57 Å². The normalized spacial score (nSPS) is 14.0. The Balaban J connectivity index is 3.79. The molecule has 0 aliphatic heterocycles. The summed E-state index contributed by atoms with van der Waals surface area (Å²) in [7, 11) is -2.01. The van der Waals surface area contributed by atoms with E-state index in [0.717, 1.165) is 6.54 Å². The predicted octanol–water partition coefficient (Wildman–Crippen LogP) is 0.0846. The highest BCUT2D eigenvalue weighted by atomic mass is 31.2. The van der Waals surface area contributed by atoms with Crippen molar-refractivity contribution in [3.63, 3.8) is 0 Å². The van der Waals surface area contributed by atoms with Gasteiger partial charge in [-0.2, -0.15) is 0 Å². The summed E-state index contributed by atoms with van der Waals surface area (Å²) in [6.45, 7) is 7.69. The van der Waals surface area contributed by atoms with Crippen LogP contribution in [-0.4, -0.2) is 73.6 Å². The molecule has 1 atom stereocenters. The van der Waals surface area contributed by atoms with E-state index in [4.69, 9.17) is 19.3 Å². The van der Waals surface area contributed by atoms with Gasteiger partial charge in [0.1, 0.15) is 0 Å². The first kappa shape index (κ1) is 19.0. The van der Waals surface area contributed by atoms with Gasteiger partial charge in [-0.05, 0) is 20.9 Å². The van der Waals surface area contributed by atoms with Gasteiger partial charge in [-0.3, -0.25) is 4.57 Å². The van der Waals surface area contributed by atoms with Crippen molar-refractivity contribution in [3.8, 4) is 0 Å². The van der Waals surface area contributed by atoms with Crippen LogP contribution in [0, 0.1) is 0 Å². The van der Waals surface area contributed by atoms with Crippen molar-refractivity contribution in [2.45, 2.75) is 20.0 Å². The molecule has 0 heterocycles. The van der Waals surface area contributed by atoms with E-state index in [-0.39, 0.29) is 12.4 Å². The Morgan fingerprint density at radius 3 is 2.53 bits per heavy atom. The van der Waals surface area contributed by atoms with E-state index in [2.05, 4.69) is 5.32 Å². The summed E-state index contributed by atoms with van der Waals surface area (Å²) in [6, 6.07) is 0. The summed E-state index contributed by atoms with van der Waals surface area (Å²) in [6.07, 6.45) is -0.258. The van der Waals surface area contributed by atoms with Crippen molar-refractivity contribution in [2.75, 3.05) is 52.8 Å². The molecule has 0 aromatic heterocycles. The molecule has 0 spiro atoms. The van der Waals surface area contributed by atoms with Crippen LogP contribution in [0.5, 0.6) is 0 Å². The second-order valence-electron chi connectivity index (χ2n) is 4.32. The third kappa shape index (κ3) is 12.8. The molecular weight excluding hydrogens is 271 g/mol. The van der Waals surface area contributed by atoms with Gasteiger partial charge in [-0.15, -0.1) is 0 Å². The molecule has 0 aliphatic carbocycles. The van der Waals surface area contributed by atoms with Crippen molar-refractivity contribution < 1.29 is 23.8 Å². The largest absolute Gasteiger partial charge is 0.379 e. The fraction of sp³-hybridized carbons (Fsp3) is 1.00. The minimum atomic E-state index is -3.95. The summed E-state index contributed by atoms with van der Waals surface area (Å²) in [5, 5.41) is 2.73. The first-order valence-corrected chi connectivity index (χ1v) is 8.32. The molecule has 0 fully saturated rings. The number of ether oxygens (including phenoxy) is 2. The van der Waals surface area contributed by atoms with E-state index >= 15 is 0 Å². The third-order valence-electron chi connectivity index (χ3n) is 2.41. The number of rotatable bonds is 12. The summed E-state index contributed by atoms with van der Waals surface area (Å²) in [5.41, 5.74) is 0. The fourth-order valence-corrected chi connectivity index (χ4v) is 2.02. The molecule has 7 nitrogen and oxygen atoms in total. The lowest BCUT2D eigenvalue weighted by Gasteiger charge is -2.24. The van der Waals surface area contributed by atoms with Gasteiger partial charge in [0.25, 0.3) is 0 Å². The molecular formula is C11H27N2O5P. The average molecular weight is 298 g/mol. The van der Waals surface area contributed by atoms with Crippen LogP contribution in [-0.2, 0) is 14.0 Å². The van der Waals surface area contributed by atoms with Gasteiger partial charge in [0.05, 0.1) is 19.0 Å². The Bertz CT molecular complexity index is 261. The molecule has 0 rings (SSSR count). The predicted molar refractivity (Wildman–Crippen MR) is 74.3 cm³/mol. The van der Waals surface area contributed by atoms with Crippen molar-refractivity contribution in [2.24, 2.45) is 0 Å². The second kappa shape index (κ2) is 10.7. The van der Waals surface area contributed by atoms with E-state index < -0.39 is 7.60 Å². The van der Waals surface area contributed by atoms with Crippen molar-refractivity contribution in [1.82, 2.24) is 10.2 Å². The van der Waals surface area contributed by atoms with Crippen LogP contribution in [0.15, 0.2) is 0 Å². The Hall–Kier alpha value is -0.0100. The molecule has 0 radical (unpaired) electrons. The quantitative estimate of drug-likeness (QED) is 0.347. The molecule has 19 heavy (non-hydrogen) atoms. The van der Waals surface area contributed by atoms with E-state index in [0.29, 0.717) is 32.9 Å². The van der Waals surface area contributed by atoms with Gasteiger partial charge in [0.15, 0.2) is 0 Å². The molecule has 0 aromatic carbocycles. The Kier molecular flexibility index (Phi) is 10.7. The third-order valence-corrected chi connectivity index (χ3v) is 3.05. The topological polar surface area (TPSA) is 91.3 Å². The minimum absolute atomic E-state index is 0.0248. The second-order valence-corrected chi connectivity index (χ2v) is 5.97. The zero-order valence-corrected chi connectivity index (χ0v) is 12.9. The molecule has 0 saturated carbocycles. The molecule has 1 unspecified atom stereocenters. The van der Waals surface area contributed by atoms with Gasteiger partial charge in [0.2, 0.25) is 0 Å². The zero-order valence-electron chi connectivity index (χ0n) is 12.0. The highest BCUT2D eigenvalue weighted by Crippen LogP contribution is 2.31. The first-order chi connectivity index (χ1) is 8.89. The van der Waals surface area contributed by atoms with E-state index in [1.807, 2.05) is 25.8 Å². The first-order valence-electron chi connectivity index (χ1n) is 6.52. The lowest BCUT2D eigenvalue weighted by molar-refractivity contribution is -0.0219. The molecule has 0 bridgehead atoms. The Morgan fingerprint density at radius 2 is 2.00 bits per heavy atom. The highest BCUT2D eigenvalue weighted by molar-refractivity contribution is 7.51.